The monoisotopic (exact) mass is 276 g/mol. The van der Waals surface area contributed by atoms with E-state index in [0.29, 0.717) is 11.1 Å². The zero-order valence-electron chi connectivity index (χ0n) is 10.4. The quantitative estimate of drug-likeness (QED) is 0.881. The van der Waals surface area contributed by atoms with Crippen LogP contribution in [0.5, 0.6) is 0 Å². The van der Waals surface area contributed by atoms with Gasteiger partial charge in [0, 0.05) is 11.1 Å². The van der Waals surface area contributed by atoms with Crippen LogP contribution in [-0.2, 0) is 0 Å². The van der Waals surface area contributed by atoms with Crippen molar-refractivity contribution in [2.24, 2.45) is 0 Å². The lowest BCUT2D eigenvalue weighted by molar-refractivity contribution is -0.201. The van der Waals surface area contributed by atoms with E-state index in [-0.39, 0.29) is 11.1 Å². The van der Waals surface area contributed by atoms with E-state index in [1.165, 1.54) is 0 Å². The Morgan fingerprint density at radius 1 is 0.700 bits per heavy atom. The van der Waals surface area contributed by atoms with Gasteiger partial charge in [-0.1, -0.05) is 60.7 Å². The summed E-state index contributed by atoms with van der Waals surface area (Å²) >= 11 is 0. The van der Waals surface area contributed by atoms with Crippen molar-refractivity contribution in [3.63, 3.8) is 0 Å². The van der Waals surface area contributed by atoms with Crippen LogP contribution < -0.4 is 0 Å². The van der Waals surface area contributed by atoms with Crippen molar-refractivity contribution in [2.75, 3.05) is 0 Å². The summed E-state index contributed by atoms with van der Waals surface area (Å²) < 4.78 is 39.6. The SMILES string of the molecule is OC1(C(F)(F)F)C(c2ccccc2)=C1c1ccccc1. The Bertz CT molecular complexity index is 608. The summed E-state index contributed by atoms with van der Waals surface area (Å²) in [7, 11) is 0. The van der Waals surface area contributed by atoms with E-state index < -0.39 is 11.8 Å². The second-order valence-corrected chi connectivity index (χ2v) is 4.69. The Hall–Kier alpha value is -2.07. The largest absolute Gasteiger partial charge is 0.425 e. The van der Waals surface area contributed by atoms with Crippen LogP contribution in [0.15, 0.2) is 60.7 Å². The number of alkyl halides is 3. The third kappa shape index (κ3) is 1.76. The first-order valence-electron chi connectivity index (χ1n) is 6.11. The molecule has 0 fully saturated rings. The highest BCUT2D eigenvalue weighted by Crippen LogP contribution is 2.63. The minimum atomic E-state index is -4.72. The van der Waals surface area contributed by atoms with E-state index in [1.54, 1.807) is 60.7 Å². The molecular formula is C16H11F3O. The molecule has 0 heterocycles. The van der Waals surface area contributed by atoms with Crippen LogP contribution in [0, 0.1) is 0 Å². The first-order valence-corrected chi connectivity index (χ1v) is 6.11. The molecule has 0 spiro atoms. The van der Waals surface area contributed by atoms with E-state index in [9.17, 15) is 18.3 Å². The molecule has 0 atom stereocenters. The zero-order valence-corrected chi connectivity index (χ0v) is 10.4. The van der Waals surface area contributed by atoms with Gasteiger partial charge in [-0.05, 0) is 11.1 Å². The number of halogens is 3. The van der Waals surface area contributed by atoms with Gasteiger partial charge in [-0.3, -0.25) is 0 Å². The maximum absolute atomic E-state index is 13.2. The van der Waals surface area contributed by atoms with Crippen LogP contribution in [0.1, 0.15) is 11.1 Å². The van der Waals surface area contributed by atoms with Gasteiger partial charge in [0.05, 0.1) is 0 Å². The van der Waals surface area contributed by atoms with E-state index in [0.717, 1.165) is 0 Å². The maximum Gasteiger partial charge on any atom is 0.425 e. The first-order chi connectivity index (χ1) is 9.46. The lowest BCUT2D eigenvalue weighted by atomic mass is 10.1. The van der Waals surface area contributed by atoms with E-state index in [1.807, 2.05) is 0 Å². The molecule has 20 heavy (non-hydrogen) atoms. The van der Waals surface area contributed by atoms with Gasteiger partial charge in [0.1, 0.15) is 0 Å². The third-order valence-corrected chi connectivity index (χ3v) is 3.45. The molecule has 0 aliphatic heterocycles. The molecule has 1 nitrogen and oxygen atoms in total. The zero-order chi connectivity index (χ0) is 14.4. The normalized spacial score (nSPS) is 17.2. The van der Waals surface area contributed by atoms with Crippen LogP contribution in [-0.4, -0.2) is 16.9 Å². The first kappa shape index (κ1) is 12.9. The number of hydrogen-bond donors (Lipinski definition) is 1. The summed E-state index contributed by atoms with van der Waals surface area (Å²) in [6.45, 7) is 0. The molecular weight excluding hydrogens is 265 g/mol. The van der Waals surface area contributed by atoms with Crippen molar-refractivity contribution >= 4 is 11.1 Å². The summed E-state index contributed by atoms with van der Waals surface area (Å²) in [5.74, 6) is 0. The molecule has 0 saturated carbocycles. The molecule has 1 aliphatic rings. The smallest absolute Gasteiger partial charge is 0.372 e. The molecule has 0 unspecified atom stereocenters. The van der Waals surface area contributed by atoms with Gasteiger partial charge < -0.3 is 5.11 Å². The van der Waals surface area contributed by atoms with Crippen molar-refractivity contribution in [3.05, 3.63) is 71.8 Å². The average molecular weight is 276 g/mol. The van der Waals surface area contributed by atoms with Crippen LogP contribution in [0.2, 0.25) is 0 Å². The fraction of sp³-hybridized carbons (Fsp3) is 0.125. The minimum absolute atomic E-state index is 0.0585. The second-order valence-electron chi connectivity index (χ2n) is 4.69. The van der Waals surface area contributed by atoms with Gasteiger partial charge in [-0.2, -0.15) is 13.2 Å². The van der Waals surface area contributed by atoms with Gasteiger partial charge >= 0.3 is 6.18 Å². The summed E-state index contributed by atoms with van der Waals surface area (Å²) in [5.41, 5.74) is -2.17. The van der Waals surface area contributed by atoms with Gasteiger partial charge in [-0.25, -0.2) is 0 Å². The molecule has 2 aromatic rings. The summed E-state index contributed by atoms with van der Waals surface area (Å²) in [5, 5.41) is 10.1. The molecule has 0 radical (unpaired) electrons. The molecule has 2 aromatic carbocycles. The number of benzene rings is 2. The molecule has 4 heteroatoms. The Kier molecular flexibility index (Phi) is 2.73. The van der Waals surface area contributed by atoms with Crippen molar-refractivity contribution < 1.29 is 18.3 Å². The van der Waals surface area contributed by atoms with Crippen LogP contribution >= 0.6 is 0 Å². The van der Waals surface area contributed by atoms with Crippen LogP contribution in [0.3, 0.4) is 0 Å². The van der Waals surface area contributed by atoms with E-state index >= 15 is 0 Å². The van der Waals surface area contributed by atoms with Crippen LogP contribution in [0.25, 0.3) is 11.1 Å². The minimum Gasteiger partial charge on any atom is -0.372 e. The highest BCUT2D eigenvalue weighted by atomic mass is 19.4. The Labute approximate surface area is 114 Å². The van der Waals surface area contributed by atoms with E-state index in [2.05, 4.69) is 0 Å². The molecule has 102 valence electrons. The van der Waals surface area contributed by atoms with E-state index in [4.69, 9.17) is 0 Å². The average Bonchev–Trinajstić information content (AvgIpc) is 3.08. The number of aliphatic hydroxyl groups is 1. The van der Waals surface area contributed by atoms with Crippen molar-refractivity contribution in [1.82, 2.24) is 0 Å². The predicted molar refractivity (Wildman–Crippen MR) is 70.7 cm³/mol. The predicted octanol–water partition coefficient (Wildman–Crippen LogP) is 3.90. The number of hydrogen-bond acceptors (Lipinski definition) is 1. The lowest BCUT2D eigenvalue weighted by Gasteiger charge is -2.17. The fourth-order valence-electron chi connectivity index (χ4n) is 2.47. The standard InChI is InChI=1S/C16H11F3O/c17-16(18,19)15(20)13(11-7-3-1-4-8-11)14(15)12-9-5-2-6-10-12/h1-10,20H. The molecule has 0 amide bonds. The topological polar surface area (TPSA) is 20.2 Å². The van der Waals surface area contributed by atoms with Gasteiger partial charge in [0.2, 0.25) is 5.60 Å². The molecule has 1 N–H and O–H groups in total. The van der Waals surface area contributed by atoms with Gasteiger partial charge in [-0.15, -0.1) is 0 Å². The molecule has 3 rings (SSSR count). The van der Waals surface area contributed by atoms with Gasteiger partial charge in [0.25, 0.3) is 0 Å². The highest BCUT2D eigenvalue weighted by molar-refractivity contribution is 6.17. The summed E-state index contributed by atoms with van der Waals surface area (Å²) in [6, 6.07) is 16.3. The van der Waals surface area contributed by atoms with Gasteiger partial charge in [0.15, 0.2) is 0 Å². The number of rotatable bonds is 2. The molecule has 1 aliphatic carbocycles. The summed E-state index contributed by atoms with van der Waals surface area (Å²) in [6.07, 6.45) is -4.72. The van der Waals surface area contributed by atoms with Crippen molar-refractivity contribution in [3.8, 4) is 0 Å². The fourth-order valence-corrected chi connectivity index (χ4v) is 2.47. The van der Waals surface area contributed by atoms with Crippen LogP contribution in [0.4, 0.5) is 13.2 Å². The lowest BCUT2D eigenvalue weighted by Crippen LogP contribution is -2.35. The second kappa shape index (κ2) is 4.21. The molecule has 0 bridgehead atoms. The summed E-state index contributed by atoms with van der Waals surface area (Å²) in [4.78, 5) is 0. The Balaban J connectivity index is 2.14. The Morgan fingerprint density at radius 3 is 1.35 bits per heavy atom. The van der Waals surface area contributed by atoms with Crippen molar-refractivity contribution in [2.45, 2.75) is 11.8 Å². The highest BCUT2D eigenvalue weighted by Gasteiger charge is 2.70. The maximum atomic E-state index is 13.2. The molecule has 0 aromatic heterocycles. The third-order valence-electron chi connectivity index (χ3n) is 3.45. The molecule has 0 saturated heterocycles. The Morgan fingerprint density at radius 2 is 1.05 bits per heavy atom. The van der Waals surface area contributed by atoms with Crippen molar-refractivity contribution in [1.29, 1.82) is 0 Å².